The van der Waals surface area contributed by atoms with Gasteiger partial charge in [0.1, 0.15) is 0 Å². The van der Waals surface area contributed by atoms with Crippen LogP contribution in [-0.4, -0.2) is 25.5 Å². The molecule has 372 valence electrons. The number of hydrogen-bond donors (Lipinski definition) is 0. The van der Waals surface area contributed by atoms with Crippen molar-refractivity contribution in [2.45, 2.75) is 313 Å². The van der Waals surface area contributed by atoms with Crippen molar-refractivity contribution in [2.75, 3.05) is 20.6 Å². The van der Waals surface area contributed by atoms with Crippen LogP contribution >= 0.6 is 0 Å². The zero-order valence-electron chi connectivity index (χ0n) is 45.7. The zero-order chi connectivity index (χ0) is 47.3. The molecule has 0 aromatic heterocycles. The second kappa shape index (κ2) is 73.6. The van der Waals surface area contributed by atoms with Crippen molar-refractivity contribution in [3.63, 3.8) is 0 Å². The largest absolute Gasteiger partial charge is 0.309 e. The smallest absolute Gasteiger partial charge is 0.00248 e. The van der Waals surface area contributed by atoms with Gasteiger partial charge in [-0.25, -0.2) is 0 Å². The van der Waals surface area contributed by atoms with Gasteiger partial charge in [0.05, 0.1) is 0 Å². The molecule has 61 heavy (non-hydrogen) atoms. The normalized spacial score (nSPS) is 11.3. The van der Waals surface area contributed by atoms with Gasteiger partial charge in [0.15, 0.2) is 0 Å². The van der Waals surface area contributed by atoms with Crippen LogP contribution in [0.3, 0.4) is 0 Å². The highest BCUT2D eigenvalue weighted by Gasteiger charge is 2.05. The van der Waals surface area contributed by atoms with E-state index in [-0.39, 0.29) is 0 Å². The van der Waals surface area contributed by atoms with Gasteiger partial charge in [-0.05, 0) is 64.1 Å². The molecular weight excluding hydrogens is 735 g/mol. The van der Waals surface area contributed by atoms with Crippen LogP contribution in [-0.2, 0) is 0 Å². The molecule has 0 aliphatic carbocycles. The first kappa shape index (κ1) is 71.8. The maximum atomic E-state index is 3.82. The Hall–Kier alpha value is -0.820. The summed E-state index contributed by atoms with van der Waals surface area (Å²) in [5, 5.41) is 0. The van der Waals surface area contributed by atoms with E-state index >= 15 is 0 Å². The molecule has 0 bridgehead atoms. The molecule has 2 unspecified atom stereocenters. The van der Waals surface area contributed by atoms with Crippen molar-refractivity contribution >= 4 is 0 Å². The van der Waals surface area contributed by atoms with Crippen molar-refractivity contribution in [3.8, 4) is 0 Å². The summed E-state index contributed by atoms with van der Waals surface area (Å²) >= 11 is 0. The summed E-state index contributed by atoms with van der Waals surface area (Å²) in [5.41, 5.74) is 0. The van der Waals surface area contributed by atoms with Crippen molar-refractivity contribution in [1.82, 2.24) is 4.90 Å². The lowest BCUT2D eigenvalue weighted by atomic mass is 9.93. The Kier molecular flexibility index (Phi) is 86.6. The van der Waals surface area contributed by atoms with Crippen molar-refractivity contribution in [1.29, 1.82) is 0 Å². The van der Waals surface area contributed by atoms with E-state index in [1.807, 2.05) is 6.08 Å². The monoisotopic (exact) mass is 862 g/mol. The molecule has 0 fully saturated rings. The van der Waals surface area contributed by atoms with Gasteiger partial charge in [-0.15, -0.1) is 26.3 Å². The van der Waals surface area contributed by atoms with Gasteiger partial charge >= 0.3 is 0 Å². The second-order valence-electron chi connectivity index (χ2n) is 18.6. The fourth-order valence-electron chi connectivity index (χ4n) is 7.66. The Morgan fingerprint density at radius 2 is 0.623 bits per heavy atom. The number of unbranched alkanes of at least 4 members (excludes halogenated alkanes) is 23. The van der Waals surface area contributed by atoms with E-state index < -0.39 is 0 Å². The average Bonchev–Trinajstić information content (AvgIpc) is 3.28. The second-order valence-corrected chi connectivity index (χ2v) is 18.6. The summed E-state index contributed by atoms with van der Waals surface area (Å²) in [7, 11) is 4.24. The minimum Gasteiger partial charge on any atom is -0.309 e. The van der Waals surface area contributed by atoms with Crippen LogP contribution < -0.4 is 0 Å². The van der Waals surface area contributed by atoms with Gasteiger partial charge in [-0.3, -0.25) is 0 Å². The summed E-state index contributed by atoms with van der Waals surface area (Å²) in [6, 6.07) is 0. The van der Waals surface area contributed by atoms with E-state index in [0.717, 1.165) is 17.8 Å². The minimum absolute atomic E-state index is 0.902. The maximum absolute atomic E-state index is 3.82. The van der Waals surface area contributed by atoms with E-state index in [4.69, 9.17) is 0 Å². The number of rotatable bonds is 40. The third kappa shape index (κ3) is 80.0. The summed E-state index contributed by atoms with van der Waals surface area (Å²) in [4.78, 5) is 2.23. The molecule has 0 saturated heterocycles. The van der Waals surface area contributed by atoms with Crippen LogP contribution in [0.5, 0.6) is 0 Å². The molecule has 0 aromatic rings. The quantitative estimate of drug-likeness (QED) is 0.0438. The van der Waals surface area contributed by atoms with Gasteiger partial charge in [0.25, 0.3) is 0 Å². The Morgan fingerprint density at radius 1 is 0.328 bits per heavy atom. The molecule has 0 aliphatic heterocycles. The molecule has 0 aromatic carbocycles. The average molecular weight is 863 g/mol. The van der Waals surface area contributed by atoms with Crippen LogP contribution in [0.4, 0.5) is 0 Å². The fraction of sp³-hybridized carbons (Fsp3) is 0.900. The Bertz CT molecular complexity index is 677. The Balaban J connectivity index is -0.000000160. The molecule has 0 rings (SSSR count). The molecule has 0 heterocycles. The first-order valence-electron chi connectivity index (χ1n) is 28.1. The number of allylic oxidation sites excluding steroid dienone is 2. The van der Waals surface area contributed by atoms with E-state index in [1.165, 1.54) is 251 Å². The minimum atomic E-state index is 0.902. The molecule has 0 amide bonds. The third-order valence-electron chi connectivity index (χ3n) is 12.4. The molecule has 2 atom stereocenters. The summed E-state index contributed by atoms with van der Waals surface area (Å²) < 4.78 is 0. The first-order chi connectivity index (χ1) is 29.7. The van der Waals surface area contributed by atoms with Crippen LogP contribution in [0.2, 0.25) is 0 Å². The Morgan fingerprint density at radius 3 is 0.951 bits per heavy atom. The van der Waals surface area contributed by atoms with E-state index in [9.17, 15) is 0 Å². The van der Waals surface area contributed by atoms with Crippen LogP contribution in [0.15, 0.2) is 38.5 Å². The van der Waals surface area contributed by atoms with E-state index in [2.05, 4.69) is 121 Å². The number of hydrogen-bond acceptors (Lipinski definition) is 1. The van der Waals surface area contributed by atoms with Crippen LogP contribution in [0.1, 0.15) is 313 Å². The highest BCUT2D eigenvalue weighted by atomic mass is 15.0. The topological polar surface area (TPSA) is 3.24 Å². The lowest BCUT2D eigenvalue weighted by molar-refractivity contribution is 0.393. The van der Waals surface area contributed by atoms with Crippen molar-refractivity contribution in [3.05, 3.63) is 38.5 Å². The molecule has 0 radical (unpaired) electrons. The fourth-order valence-corrected chi connectivity index (χ4v) is 7.66. The highest BCUT2D eigenvalue weighted by Crippen LogP contribution is 2.21. The predicted octanol–water partition coefficient (Wildman–Crippen LogP) is 22.5. The van der Waals surface area contributed by atoms with Gasteiger partial charge in [0, 0.05) is 0 Å². The van der Waals surface area contributed by atoms with Crippen LogP contribution in [0.25, 0.3) is 0 Å². The van der Waals surface area contributed by atoms with Crippen molar-refractivity contribution in [2.24, 2.45) is 17.8 Å². The van der Waals surface area contributed by atoms with Gasteiger partial charge < -0.3 is 4.90 Å². The molecule has 0 N–H and O–H groups in total. The first-order valence-corrected chi connectivity index (χ1v) is 28.1. The van der Waals surface area contributed by atoms with Crippen molar-refractivity contribution < 1.29 is 0 Å². The predicted molar refractivity (Wildman–Crippen MR) is 293 cm³/mol. The molecule has 1 nitrogen and oxygen atoms in total. The summed E-state index contributed by atoms with van der Waals surface area (Å²) in [6.07, 6.45) is 57.5. The highest BCUT2D eigenvalue weighted by molar-refractivity contribution is 4.72. The molecular formula is C60H127N. The SMILES string of the molecule is C=C.C=CCC(CC)CCCCCCCC.C=CCCCCCCC.CCCCC(CC)CC.CCCCCCCCCCCCC(CC)CCCC.CCCCCN(C)C. The van der Waals surface area contributed by atoms with Gasteiger partial charge in [-0.1, -0.05) is 300 Å². The molecule has 1 heteroatoms. The molecule has 0 saturated carbocycles. The van der Waals surface area contributed by atoms with Gasteiger partial charge in [-0.2, -0.15) is 0 Å². The zero-order valence-corrected chi connectivity index (χ0v) is 45.7. The third-order valence-corrected chi connectivity index (χ3v) is 12.4. The van der Waals surface area contributed by atoms with Crippen LogP contribution in [0, 0.1) is 17.8 Å². The summed E-state index contributed by atoms with van der Waals surface area (Å²) in [6.45, 7) is 37.6. The van der Waals surface area contributed by atoms with Gasteiger partial charge in [0.2, 0.25) is 0 Å². The number of nitrogens with zero attached hydrogens (tertiary/aromatic N) is 1. The van der Waals surface area contributed by atoms with E-state index in [0.29, 0.717) is 0 Å². The lowest BCUT2D eigenvalue weighted by Crippen LogP contribution is -2.12. The molecule has 0 aliphatic rings. The standard InChI is InChI=1S/C19H40.C14H28.C9H20.C9H18.C7H17N.C2H4/c1-4-7-9-10-11-12-13-14-15-16-18-19(6-3)17-8-5-2;1-4-7-8-9-10-11-13-14(6-3)12-5-2;1-4-7-8-9(5-2)6-3;1-3-5-7-9-8-6-4-2;1-4-5-6-7-8(2)3;1-2/h19H,4-18H2,1-3H3;5,14H,2,4,6-13H2,1,3H3;9H,4-8H2,1-3H3;3H,1,4-9H2,2H3;4-7H2,1-3H3;1-2H2. The van der Waals surface area contributed by atoms with E-state index in [1.54, 1.807) is 0 Å². The maximum Gasteiger partial charge on any atom is -0.00248 e. The Labute approximate surface area is 393 Å². The lowest BCUT2D eigenvalue weighted by Gasteiger charge is -2.13. The molecule has 0 spiro atoms. The summed E-state index contributed by atoms with van der Waals surface area (Å²) in [5.74, 6) is 2.93.